The quantitative estimate of drug-likeness (QED) is 0.547. The van der Waals surface area contributed by atoms with Crippen LogP contribution in [0.4, 0.5) is 5.69 Å². The first-order chi connectivity index (χ1) is 14.2. The number of aryl methyl sites for hydroxylation is 1. The minimum absolute atomic E-state index is 0.125. The lowest BCUT2D eigenvalue weighted by Gasteiger charge is -2.07. The van der Waals surface area contributed by atoms with Crippen molar-refractivity contribution in [3.05, 3.63) is 83.2 Å². The number of anilines is 1. The Balaban J connectivity index is 1.52. The molecule has 0 unspecified atom stereocenters. The number of methoxy groups -OCH3 is 1. The van der Waals surface area contributed by atoms with Gasteiger partial charge in [-0.25, -0.2) is 0 Å². The minimum Gasteiger partial charge on any atom is -0.497 e. The summed E-state index contributed by atoms with van der Waals surface area (Å²) in [5, 5.41) is 11.0. The first-order valence-corrected chi connectivity index (χ1v) is 9.10. The van der Waals surface area contributed by atoms with Crippen LogP contribution in [-0.2, 0) is 11.2 Å². The number of nitrogens with zero attached hydrogens (tertiary/aromatic N) is 4. The van der Waals surface area contributed by atoms with Gasteiger partial charge in [0, 0.05) is 36.6 Å². The third-order valence-corrected chi connectivity index (χ3v) is 4.53. The molecule has 0 bridgehead atoms. The number of amides is 1. The molecule has 0 atom stereocenters. The summed E-state index contributed by atoms with van der Waals surface area (Å²) in [6, 6.07) is 16.4. The molecule has 2 heterocycles. The molecule has 1 N–H and O–H groups in total. The van der Waals surface area contributed by atoms with Crippen LogP contribution in [0.5, 0.6) is 5.75 Å². The summed E-state index contributed by atoms with van der Waals surface area (Å²) in [5.74, 6) is 1.14. The Morgan fingerprint density at radius 1 is 1.03 bits per heavy atom. The van der Waals surface area contributed by atoms with Gasteiger partial charge < -0.3 is 10.1 Å². The van der Waals surface area contributed by atoms with Gasteiger partial charge in [-0.15, -0.1) is 10.2 Å². The van der Waals surface area contributed by atoms with Crippen molar-refractivity contribution in [1.29, 1.82) is 0 Å². The number of hydrogen-bond donors (Lipinski definition) is 1. The van der Waals surface area contributed by atoms with Gasteiger partial charge in [-0.3, -0.25) is 18.6 Å². The lowest BCUT2D eigenvalue weighted by molar-refractivity contribution is -0.116. The highest BCUT2D eigenvalue weighted by Gasteiger charge is 2.13. The number of ether oxygens (including phenoxy) is 1. The maximum atomic E-state index is 12.8. The third kappa shape index (κ3) is 3.86. The Bertz CT molecular complexity index is 1200. The number of carbonyl (C=O) groups is 1. The molecule has 0 aliphatic heterocycles. The molecule has 8 nitrogen and oxygen atoms in total. The van der Waals surface area contributed by atoms with Crippen LogP contribution in [0.2, 0.25) is 0 Å². The van der Waals surface area contributed by atoms with Crippen molar-refractivity contribution in [3.8, 4) is 11.4 Å². The van der Waals surface area contributed by atoms with E-state index in [2.05, 4.69) is 15.5 Å². The molecule has 0 spiro atoms. The van der Waals surface area contributed by atoms with Crippen molar-refractivity contribution < 1.29 is 9.53 Å². The molecular formula is C21H19N5O3. The number of carbonyl (C=O) groups excluding carboxylic acids is 1. The number of aromatic nitrogens is 4. The zero-order valence-electron chi connectivity index (χ0n) is 15.8. The van der Waals surface area contributed by atoms with E-state index in [0.29, 0.717) is 23.7 Å². The fourth-order valence-electron chi connectivity index (χ4n) is 3.02. The fraction of sp³-hybridized carbons (Fsp3) is 0.143. The monoisotopic (exact) mass is 389 g/mol. The van der Waals surface area contributed by atoms with Crippen molar-refractivity contribution in [1.82, 2.24) is 19.2 Å². The molecule has 0 saturated heterocycles. The number of nitrogens with one attached hydrogen (secondary N) is 1. The molecule has 0 fully saturated rings. The summed E-state index contributed by atoms with van der Waals surface area (Å²) < 4.78 is 8.26. The second-order valence-corrected chi connectivity index (χ2v) is 6.40. The standard InChI is InChI=1S/C21H19N5O3/c1-29-17-9-7-16(8-10-17)25-13-14-26-18(23-24-20(26)21(25)28)11-12-19(27)22-15-5-3-2-4-6-15/h2-10,13-14H,11-12H2,1H3,(H,22,27). The number of para-hydroxylation sites is 1. The number of rotatable bonds is 6. The van der Waals surface area contributed by atoms with E-state index in [-0.39, 0.29) is 23.5 Å². The van der Waals surface area contributed by atoms with E-state index in [1.165, 1.54) is 4.57 Å². The fourth-order valence-corrected chi connectivity index (χ4v) is 3.02. The molecule has 4 aromatic rings. The van der Waals surface area contributed by atoms with Crippen LogP contribution in [0.3, 0.4) is 0 Å². The maximum Gasteiger partial charge on any atom is 0.300 e. The Morgan fingerprint density at radius 3 is 2.52 bits per heavy atom. The first kappa shape index (κ1) is 18.4. The lowest BCUT2D eigenvalue weighted by atomic mass is 10.2. The number of benzene rings is 2. The molecule has 1 amide bonds. The maximum absolute atomic E-state index is 12.8. The summed E-state index contributed by atoms with van der Waals surface area (Å²) in [6.45, 7) is 0. The zero-order valence-corrected chi connectivity index (χ0v) is 15.8. The summed E-state index contributed by atoms with van der Waals surface area (Å²) in [5.41, 5.74) is 1.36. The van der Waals surface area contributed by atoms with Gasteiger partial charge in [-0.2, -0.15) is 0 Å². The van der Waals surface area contributed by atoms with Crippen LogP contribution >= 0.6 is 0 Å². The third-order valence-electron chi connectivity index (χ3n) is 4.53. The second kappa shape index (κ2) is 7.97. The van der Waals surface area contributed by atoms with E-state index < -0.39 is 0 Å². The van der Waals surface area contributed by atoms with Crippen LogP contribution in [0.15, 0.2) is 71.8 Å². The van der Waals surface area contributed by atoms with Crippen LogP contribution in [-0.4, -0.2) is 32.2 Å². The highest BCUT2D eigenvalue weighted by Crippen LogP contribution is 2.14. The van der Waals surface area contributed by atoms with Gasteiger partial charge in [0.25, 0.3) is 0 Å². The molecule has 0 aliphatic rings. The zero-order chi connectivity index (χ0) is 20.2. The summed E-state index contributed by atoms with van der Waals surface area (Å²) in [4.78, 5) is 25.0. The largest absolute Gasteiger partial charge is 0.497 e. The van der Waals surface area contributed by atoms with Crippen LogP contribution < -0.4 is 15.6 Å². The van der Waals surface area contributed by atoms with Crippen molar-refractivity contribution >= 4 is 17.2 Å². The van der Waals surface area contributed by atoms with Gasteiger partial charge in [-0.1, -0.05) is 18.2 Å². The Hall–Kier alpha value is -3.94. The van der Waals surface area contributed by atoms with Gasteiger partial charge in [-0.05, 0) is 36.4 Å². The topological polar surface area (TPSA) is 90.5 Å². The molecule has 2 aromatic carbocycles. The lowest BCUT2D eigenvalue weighted by Crippen LogP contribution is -2.20. The van der Waals surface area contributed by atoms with E-state index in [4.69, 9.17) is 4.74 Å². The average Bonchev–Trinajstić information content (AvgIpc) is 3.17. The van der Waals surface area contributed by atoms with Gasteiger partial charge >= 0.3 is 5.56 Å². The van der Waals surface area contributed by atoms with E-state index in [1.807, 2.05) is 30.3 Å². The summed E-state index contributed by atoms with van der Waals surface area (Å²) >= 11 is 0. The molecule has 2 aromatic heterocycles. The SMILES string of the molecule is COc1ccc(-n2ccn3c(CCC(=O)Nc4ccccc4)nnc3c2=O)cc1. The molecule has 146 valence electrons. The van der Waals surface area contributed by atoms with E-state index in [1.54, 1.807) is 48.2 Å². The molecule has 8 heteroatoms. The molecule has 4 rings (SSSR count). The normalized spacial score (nSPS) is 10.8. The predicted molar refractivity (Wildman–Crippen MR) is 109 cm³/mol. The molecule has 0 radical (unpaired) electrons. The minimum atomic E-state index is -0.287. The molecule has 0 aliphatic carbocycles. The Labute approximate surface area is 166 Å². The summed E-state index contributed by atoms with van der Waals surface area (Å²) in [7, 11) is 1.59. The van der Waals surface area contributed by atoms with Crippen molar-refractivity contribution in [2.45, 2.75) is 12.8 Å². The summed E-state index contributed by atoms with van der Waals surface area (Å²) in [6.07, 6.45) is 3.99. The first-order valence-electron chi connectivity index (χ1n) is 9.10. The van der Waals surface area contributed by atoms with Gasteiger partial charge in [0.15, 0.2) is 0 Å². The van der Waals surface area contributed by atoms with Gasteiger partial charge in [0.2, 0.25) is 11.6 Å². The van der Waals surface area contributed by atoms with Crippen molar-refractivity contribution in [2.75, 3.05) is 12.4 Å². The smallest absolute Gasteiger partial charge is 0.300 e. The van der Waals surface area contributed by atoms with Crippen molar-refractivity contribution in [3.63, 3.8) is 0 Å². The van der Waals surface area contributed by atoms with Gasteiger partial charge in [0.1, 0.15) is 11.6 Å². The Kier molecular flexibility index (Phi) is 5.07. The molecular weight excluding hydrogens is 370 g/mol. The second-order valence-electron chi connectivity index (χ2n) is 6.40. The molecule has 29 heavy (non-hydrogen) atoms. The highest BCUT2D eigenvalue weighted by atomic mass is 16.5. The average molecular weight is 389 g/mol. The highest BCUT2D eigenvalue weighted by molar-refractivity contribution is 5.90. The van der Waals surface area contributed by atoms with E-state index in [9.17, 15) is 9.59 Å². The molecule has 0 saturated carbocycles. The number of fused-ring (bicyclic) bond motifs is 1. The van der Waals surface area contributed by atoms with E-state index in [0.717, 1.165) is 5.69 Å². The van der Waals surface area contributed by atoms with Crippen LogP contribution in [0, 0.1) is 0 Å². The van der Waals surface area contributed by atoms with E-state index >= 15 is 0 Å². The number of hydrogen-bond acceptors (Lipinski definition) is 5. The Morgan fingerprint density at radius 2 is 1.79 bits per heavy atom. The van der Waals surface area contributed by atoms with Crippen molar-refractivity contribution in [2.24, 2.45) is 0 Å². The van der Waals surface area contributed by atoms with Crippen LogP contribution in [0.1, 0.15) is 12.2 Å². The van der Waals surface area contributed by atoms with Crippen LogP contribution in [0.25, 0.3) is 11.3 Å². The predicted octanol–water partition coefficient (Wildman–Crippen LogP) is 2.46. The van der Waals surface area contributed by atoms with Gasteiger partial charge in [0.05, 0.1) is 7.11 Å².